The van der Waals surface area contributed by atoms with Crippen molar-refractivity contribution in [2.24, 2.45) is 0 Å². The third kappa shape index (κ3) is 3.04. The molecule has 0 spiro atoms. The molecule has 0 saturated heterocycles. The number of nitrogens with one attached hydrogen (secondary N) is 2. The summed E-state index contributed by atoms with van der Waals surface area (Å²) in [5.41, 5.74) is 5.47. The van der Waals surface area contributed by atoms with Gasteiger partial charge in [0.15, 0.2) is 10.7 Å². The molecule has 26 heavy (non-hydrogen) atoms. The molecule has 0 bridgehead atoms. The Balaban J connectivity index is 1.57. The first-order chi connectivity index (χ1) is 12.5. The van der Waals surface area contributed by atoms with Crippen molar-refractivity contribution in [2.75, 3.05) is 5.32 Å². The molecule has 2 N–H and O–H groups in total. The standard InChI is InChI=1S/C19H15N3O3S/c1-10-3-4-13(7-11(10)2)17(23)22-18-20-15(9-26-18)12-5-6-16-14(8-12)21-19(24)25-16/h3-9H,1-2H3,(H,21,24)(H,20,22,23). The topological polar surface area (TPSA) is 88.0 Å². The summed E-state index contributed by atoms with van der Waals surface area (Å²) < 4.78 is 5.00. The van der Waals surface area contributed by atoms with Gasteiger partial charge in [-0.05, 0) is 55.3 Å². The molecule has 2 aromatic heterocycles. The summed E-state index contributed by atoms with van der Waals surface area (Å²) in [7, 11) is 0. The Morgan fingerprint density at radius 3 is 2.81 bits per heavy atom. The van der Waals surface area contributed by atoms with Crippen molar-refractivity contribution in [3.8, 4) is 11.3 Å². The van der Waals surface area contributed by atoms with E-state index in [1.165, 1.54) is 11.3 Å². The molecular formula is C19H15N3O3S. The van der Waals surface area contributed by atoms with Crippen LogP contribution in [0.2, 0.25) is 0 Å². The lowest BCUT2D eigenvalue weighted by Crippen LogP contribution is -2.12. The van der Waals surface area contributed by atoms with Crippen LogP contribution in [0, 0.1) is 13.8 Å². The molecule has 1 amide bonds. The SMILES string of the molecule is Cc1ccc(C(=O)Nc2nc(-c3ccc4oc(=O)[nH]c4c3)cs2)cc1C. The third-order valence-corrected chi connectivity index (χ3v) is 4.97. The number of hydrogen-bond acceptors (Lipinski definition) is 5. The van der Waals surface area contributed by atoms with Crippen LogP contribution < -0.4 is 11.1 Å². The van der Waals surface area contributed by atoms with E-state index in [0.29, 0.717) is 27.5 Å². The number of aromatic amines is 1. The van der Waals surface area contributed by atoms with E-state index < -0.39 is 5.76 Å². The monoisotopic (exact) mass is 365 g/mol. The van der Waals surface area contributed by atoms with Crippen LogP contribution in [0.15, 0.2) is 51.0 Å². The first-order valence-electron chi connectivity index (χ1n) is 7.97. The number of oxazole rings is 1. The minimum absolute atomic E-state index is 0.191. The molecule has 0 aliphatic rings. The maximum atomic E-state index is 12.4. The Labute approximate surface area is 152 Å². The molecule has 4 aromatic rings. The minimum Gasteiger partial charge on any atom is -0.408 e. The summed E-state index contributed by atoms with van der Waals surface area (Å²) >= 11 is 1.35. The zero-order valence-electron chi connectivity index (χ0n) is 14.1. The Morgan fingerprint density at radius 1 is 1.15 bits per heavy atom. The van der Waals surface area contributed by atoms with Crippen LogP contribution in [0.4, 0.5) is 5.13 Å². The summed E-state index contributed by atoms with van der Waals surface area (Å²) in [4.78, 5) is 30.7. The number of carbonyl (C=O) groups excluding carboxylic acids is 1. The Bertz CT molecular complexity index is 1190. The number of hydrogen-bond donors (Lipinski definition) is 2. The average Bonchev–Trinajstić information content (AvgIpc) is 3.21. The highest BCUT2D eigenvalue weighted by atomic mass is 32.1. The maximum Gasteiger partial charge on any atom is 0.417 e. The molecule has 0 aliphatic heterocycles. The van der Waals surface area contributed by atoms with Crippen molar-refractivity contribution in [1.29, 1.82) is 0 Å². The number of H-pyrrole nitrogens is 1. The summed E-state index contributed by atoms with van der Waals surface area (Å²) in [6, 6.07) is 10.9. The van der Waals surface area contributed by atoms with E-state index in [4.69, 9.17) is 4.42 Å². The van der Waals surface area contributed by atoms with Crippen LogP contribution in [0.1, 0.15) is 21.5 Å². The minimum atomic E-state index is -0.489. The number of fused-ring (bicyclic) bond motifs is 1. The van der Waals surface area contributed by atoms with Crippen molar-refractivity contribution >= 4 is 33.5 Å². The van der Waals surface area contributed by atoms with E-state index >= 15 is 0 Å². The van der Waals surface area contributed by atoms with Gasteiger partial charge in [0.2, 0.25) is 0 Å². The molecular weight excluding hydrogens is 350 g/mol. The van der Waals surface area contributed by atoms with Gasteiger partial charge in [-0.3, -0.25) is 15.1 Å². The second-order valence-corrected chi connectivity index (χ2v) is 6.87. The smallest absolute Gasteiger partial charge is 0.408 e. The second kappa shape index (κ2) is 6.27. The lowest BCUT2D eigenvalue weighted by molar-refractivity contribution is 0.102. The van der Waals surface area contributed by atoms with E-state index in [1.807, 2.05) is 37.4 Å². The third-order valence-electron chi connectivity index (χ3n) is 4.21. The van der Waals surface area contributed by atoms with Crippen molar-refractivity contribution in [1.82, 2.24) is 9.97 Å². The van der Waals surface area contributed by atoms with E-state index in [2.05, 4.69) is 15.3 Å². The fourth-order valence-electron chi connectivity index (χ4n) is 2.63. The van der Waals surface area contributed by atoms with Crippen LogP contribution in [-0.2, 0) is 0 Å². The van der Waals surface area contributed by atoms with Gasteiger partial charge in [-0.25, -0.2) is 9.78 Å². The molecule has 4 rings (SSSR count). The summed E-state index contributed by atoms with van der Waals surface area (Å²) in [5, 5.41) is 5.20. The second-order valence-electron chi connectivity index (χ2n) is 6.02. The van der Waals surface area contributed by atoms with Crippen LogP contribution in [0.25, 0.3) is 22.4 Å². The molecule has 0 saturated carbocycles. The highest BCUT2D eigenvalue weighted by Gasteiger charge is 2.12. The average molecular weight is 365 g/mol. The molecule has 7 heteroatoms. The van der Waals surface area contributed by atoms with Crippen molar-refractivity contribution in [3.63, 3.8) is 0 Å². The Morgan fingerprint density at radius 2 is 2.00 bits per heavy atom. The number of nitrogens with zero attached hydrogens (tertiary/aromatic N) is 1. The molecule has 0 aliphatic carbocycles. The number of thiazole rings is 1. The highest BCUT2D eigenvalue weighted by molar-refractivity contribution is 7.14. The number of amides is 1. The van der Waals surface area contributed by atoms with E-state index in [9.17, 15) is 9.59 Å². The van der Waals surface area contributed by atoms with Gasteiger partial charge in [0.05, 0.1) is 11.2 Å². The summed E-state index contributed by atoms with van der Waals surface area (Å²) in [6.07, 6.45) is 0. The fourth-order valence-corrected chi connectivity index (χ4v) is 3.34. The van der Waals surface area contributed by atoms with Gasteiger partial charge in [-0.1, -0.05) is 6.07 Å². The quantitative estimate of drug-likeness (QED) is 0.572. The maximum absolute atomic E-state index is 12.4. The molecule has 130 valence electrons. The Kier molecular flexibility index (Phi) is 3.93. The fraction of sp³-hybridized carbons (Fsp3) is 0.105. The van der Waals surface area contributed by atoms with Gasteiger partial charge in [-0.15, -0.1) is 11.3 Å². The number of aromatic nitrogens is 2. The van der Waals surface area contributed by atoms with Crippen LogP contribution >= 0.6 is 11.3 Å². The lowest BCUT2D eigenvalue weighted by atomic mass is 10.1. The summed E-state index contributed by atoms with van der Waals surface area (Å²) in [6.45, 7) is 3.98. The van der Waals surface area contributed by atoms with Crippen LogP contribution in [0.3, 0.4) is 0 Å². The number of aryl methyl sites for hydroxylation is 2. The first-order valence-corrected chi connectivity index (χ1v) is 8.85. The lowest BCUT2D eigenvalue weighted by Gasteiger charge is -2.05. The van der Waals surface area contributed by atoms with Crippen molar-refractivity contribution < 1.29 is 9.21 Å². The molecule has 6 nitrogen and oxygen atoms in total. The molecule has 0 fully saturated rings. The number of carbonyl (C=O) groups is 1. The van der Waals surface area contributed by atoms with E-state index in [1.54, 1.807) is 18.2 Å². The Hall–Kier alpha value is -3.19. The van der Waals surface area contributed by atoms with Crippen LogP contribution in [0.5, 0.6) is 0 Å². The zero-order chi connectivity index (χ0) is 18.3. The van der Waals surface area contributed by atoms with Crippen LogP contribution in [-0.4, -0.2) is 15.9 Å². The zero-order valence-corrected chi connectivity index (χ0v) is 14.9. The number of anilines is 1. The van der Waals surface area contributed by atoms with Gasteiger partial charge >= 0.3 is 5.76 Å². The molecule has 2 aromatic carbocycles. The predicted molar refractivity (Wildman–Crippen MR) is 102 cm³/mol. The molecule has 0 radical (unpaired) electrons. The predicted octanol–water partition coefficient (Wildman–Crippen LogP) is 4.11. The highest BCUT2D eigenvalue weighted by Crippen LogP contribution is 2.27. The summed E-state index contributed by atoms with van der Waals surface area (Å²) in [5.74, 6) is -0.680. The van der Waals surface area contributed by atoms with E-state index in [-0.39, 0.29) is 5.91 Å². The number of rotatable bonds is 3. The van der Waals surface area contributed by atoms with E-state index in [0.717, 1.165) is 16.7 Å². The molecule has 0 unspecified atom stereocenters. The van der Waals surface area contributed by atoms with Gasteiger partial charge in [-0.2, -0.15) is 0 Å². The van der Waals surface area contributed by atoms with Crippen molar-refractivity contribution in [3.05, 3.63) is 69.0 Å². The van der Waals surface area contributed by atoms with Gasteiger partial charge in [0, 0.05) is 16.5 Å². The number of benzene rings is 2. The molecule has 0 atom stereocenters. The first kappa shape index (κ1) is 16.3. The van der Waals surface area contributed by atoms with Crippen molar-refractivity contribution in [2.45, 2.75) is 13.8 Å². The van der Waals surface area contributed by atoms with Gasteiger partial charge in [0.25, 0.3) is 5.91 Å². The van der Waals surface area contributed by atoms with Gasteiger partial charge < -0.3 is 4.42 Å². The normalized spacial score (nSPS) is 11.0. The largest absolute Gasteiger partial charge is 0.417 e. The molecule has 2 heterocycles. The van der Waals surface area contributed by atoms with Gasteiger partial charge in [0.1, 0.15) is 0 Å².